The van der Waals surface area contributed by atoms with Crippen molar-refractivity contribution in [2.24, 2.45) is 0 Å². The number of likely N-dealkylation sites (tertiary alicyclic amines) is 1. The van der Waals surface area contributed by atoms with Crippen molar-refractivity contribution < 1.29 is 9.53 Å². The second kappa shape index (κ2) is 7.31. The average molecular weight is 291 g/mol. The third-order valence-corrected chi connectivity index (χ3v) is 3.94. The first-order chi connectivity index (χ1) is 10.1. The average Bonchev–Trinajstić information content (AvgIpc) is 3.01. The van der Waals surface area contributed by atoms with E-state index in [4.69, 9.17) is 4.74 Å². The number of carbonyl (C=O) groups is 1. The first-order valence-electron chi connectivity index (χ1n) is 7.45. The molecule has 1 saturated heterocycles. The summed E-state index contributed by atoms with van der Waals surface area (Å²) < 4.78 is 5.28. The van der Waals surface area contributed by atoms with E-state index in [2.05, 4.69) is 16.3 Å². The lowest BCUT2D eigenvalue weighted by Gasteiger charge is -2.26. The summed E-state index contributed by atoms with van der Waals surface area (Å²) in [5.41, 5.74) is 1.14. The van der Waals surface area contributed by atoms with Crippen LogP contribution in [0.25, 0.3) is 0 Å². The summed E-state index contributed by atoms with van der Waals surface area (Å²) in [5.74, 6) is 0.838. The summed E-state index contributed by atoms with van der Waals surface area (Å²) in [6.07, 6.45) is 2.22. The van der Waals surface area contributed by atoms with Gasteiger partial charge in [0.25, 0.3) is 0 Å². The van der Waals surface area contributed by atoms with Crippen molar-refractivity contribution in [2.75, 3.05) is 40.8 Å². The Balaban J connectivity index is 1.99. The first kappa shape index (κ1) is 15.6. The fraction of sp³-hybridized carbons (Fsp3) is 0.562. The van der Waals surface area contributed by atoms with Gasteiger partial charge in [-0.05, 0) is 44.6 Å². The molecule has 0 aliphatic carbocycles. The molecule has 1 aromatic carbocycles. The van der Waals surface area contributed by atoms with Crippen LogP contribution in [0.4, 0.5) is 4.79 Å². The van der Waals surface area contributed by atoms with E-state index in [1.54, 1.807) is 7.11 Å². The summed E-state index contributed by atoms with van der Waals surface area (Å²) in [6, 6.07) is 8.17. The van der Waals surface area contributed by atoms with Gasteiger partial charge in [0.15, 0.2) is 0 Å². The van der Waals surface area contributed by atoms with Gasteiger partial charge in [-0.2, -0.15) is 0 Å². The summed E-state index contributed by atoms with van der Waals surface area (Å²) in [6.45, 7) is 2.34. The molecule has 0 bridgehead atoms. The lowest BCUT2D eigenvalue weighted by Crippen LogP contribution is -2.42. The van der Waals surface area contributed by atoms with Crippen molar-refractivity contribution >= 4 is 6.03 Å². The summed E-state index contributed by atoms with van der Waals surface area (Å²) in [5, 5.41) is 3.05. The highest BCUT2D eigenvalue weighted by Crippen LogP contribution is 2.22. The highest BCUT2D eigenvalue weighted by molar-refractivity contribution is 5.74. The SMILES string of the molecule is COc1cccc(C(CNC(=O)N2CCCC2)N(C)C)c1. The van der Waals surface area contributed by atoms with Gasteiger partial charge in [-0.25, -0.2) is 4.79 Å². The van der Waals surface area contributed by atoms with E-state index in [0.29, 0.717) is 6.54 Å². The molecule has 2 rings (SSSR count). The number of urea groups is 1. The van der Waals surface area contributed by atoms with Crippen LogP contribution < -0.4 is 10.1 Å². The molecule has 0 spiro atoms. The van der Waals surface area contributed by atoms with Gasteiger partial charge in [0, 0.05) is 19.6 Å². The second-order valence-corrected chi connectivity index (χ2v) is 5.64. The Morgan fingerprint density at radius 1 is 1.38 bits per heavy atom. The van der Waals surface area contributed by atoms with Crippen LogP contribution in [0, 0.1) is 0 Å². The number of ether oxygens (including phenoxy) is 1. The fourth-order valence-corrected chi connectivity index (χ4v) is 2.66. The zero-order valence-corrected chi connectivity index (χ0v) is 13.1. The van der Waals surface area contributed by atoms with E-state index in [1.165, 1.54) is 0 Å². The number of hydrogen-bond acceptors (Lipinski definition) is 3. The van der Waals surface area contributed by atoms with Crippen LogP contribution >= 0.6 is 0 Å². The minimum absolute atomic E-state index is 0.0437. The molecule has 5 heteroatoms. The van der Waals surface area contributed by atoms with E-state index in [-0.39, 0.29) is 12.1 Å². The lowest BCUT2D eigenvalue weighted by molar-refractivity contribution is 0.202. The number of hydrogen-bond donors (Lipinski definition) is 1. The van der Waals surface area contributed by atoms with Crippen molar-refractivity contribution in [1.29, 1.82) is 0 Å². The Labute approximate surface area is 126 Å². The Morgan fingerprint density at radius 2 is 2.10 bits per heavy atom. The maximum absolute atomic E-state index is 12.1. The zero-order valence-electron chi connectivity index (χ0n) is 13.1. The Bertz CT molecular complexity index is 470. The number of amides is 2. The number of likely N-dealkylation sites (N-methyl/N-ethyl adjacent to an activating group) is 1. The van der Waals surface area contributed by atoms with Crippen molar-refractivity contribution in [3.63, 3.8) is 0 Å². The Kier molecular flexibility index (Phi) is 5.44. The third kappa shape index (κ3) is 4.11. The van der Waals surface area contributed by atoms with Crippen molar-refractivity contribution in [2.45, 2.75) is 18.9 Å². The van der Waals surface area contributed by atoms with Crippen molar-refractivity contribution in [3.8, 4) is 5.75 Å². The van der Waals surface area contributed by atoms with Gasteiger partial charge in [0.2, 0.25) is 0 Å². The summed E-state index contributed by atoms with van der Waals surface area (Å²) in [7, 11) is 5.71. The summed E-state index contributed by atoms with van der Waals surface area (Å²) >= 11 is 0. The van der Waals surface area contributed by atoms with E-state index in [0.717, 1.165) is 37.2 Å². The van der Waals surface area contributed by atoms with Gasteiger partial charge in [0.05, 0.1) is 13.2 Å². The largest absolute Gasteiger partial charge is 0.497 e. The molecule has 1 N–H and O–H groups in total. The van der Waals surface area contributed by atoms with Gasteiger partial charge in [-0.1, -0.05) is 12.1 Å². The molecular weight excluding hydrogens is 266 g/mol. The number of rotatable bonds is 5. The van der Waals surface area contributed by atoms with Crippen LogP contribution in [-0.2, 0) is 0 Å². The van der Waals surface area contributed by atoms with E-state index in [9.17, 15) is 4.79 Å². The molecule has 1 fully saturated rings. The first-order valence-corrected chi connectivity index (χ1v) is 7.45. The number of benzene rings is 1. The monoisotopic (exact) mass is 291 g/mol. The van der Waals surface area contributed by atoms with Crippen LogP contribution in [-0.4, -0.2) is 56.7 Å². The van der Waals surface area contributed by atoms with Gasteiger partial charge in [-0.3, -0.25) is 0 Å². The smallest absolute Gasteiger partial charge is 0.317 e. The molecule has 1 aliphatic rings. The molecule has 0 aromatic heterocycles. The van der Waals surface area contributed by atoms with E-state index in [1.807, 2.05) is 37.2 Å². The molecule has 5 nitrogen and oxygen atoms in total. The fourth-order valence-electron chi connectivity index (χ4n) is 2.66. The quantitative estimate of drug-likeness (QED) is 0.903. The molecule has 1 heterocycles. The van der Waals surface area contributed by atoms with Crippen LogP contribution in [0.15, 0.2) is 24.3 Å². The Morgan fingerprint density at radius 3 is 2.71 bits per heavy atom. The number of carbonyl (C=O) groups excluding carboxylic acids is 1. The van der Waals surface area contributed by atoms with Crippen molar-refractivity contribution in [1.82, 2.24) is 15.1 Å². The van der Waals surface area contributed by atoms with Gasteiger partial charge >= 0.3 is 6.03 Å². The number of nitrogens with one attached hydrogen (secondary N) is 1. The highest BCUT2D eigenvalue weighted by atomic mass is 16.5. The van der Waals surface area contributed by atoms with Crippen LogP contribution in [0.2, 0.25) is 0 Å². The van der Waals surface area contributed by atoms with E-state index >= 15 is 0 Å². The molecule has 0 saturated carbocycles. The molecule has 1 aromatic rings. The van der Waals surface area contributed by atoms with Gasteiger partial charge < -0.3 is 19.9 Å². The van der Waals surface area contributed by atoms with Gasteiger partial charge in [-0.15, -0.1) is 0 Å². The minimum Gasteiger partial charge on any atom is -0.497 e. The normalized spacial score (nSPS) is 16.1. The van der Waals surface area contributed by atoms with Crippen LogP contribution in [0.1, 0.15) is 24.4 Å². The molecule has 2 amide bonds. The molecule has 0 radical (unpaired) electrons. The molecule has 116 valence electrons. The molecule has 21 heavy (non-hydrogen) atoms. The predicted molar refractivity (Wildman–Crippen MR) is 83.6 cm³/mol. The predicted octanol–water partition coefficient (Wildman–Crippen LogP) is 2.10. The highest BCUT2D eigenvalue weighted by Gasteiger charge is 2.20. The van der Waals surface area contributed by atoms with Gasteiger partial charge in [0.1, 0.15) is 5.75 Å². The molecule has 1 unspecified atom stereocenters. The van der Waals surface area contributed by atoms with Crippen LogP contribution in [0.3, 0.4) is 0 Å². The van der Waals surface area contributed by atoms with Crippen LogP contribution in [0.5, 0.6) is 5.75 Å². The third-order valence-electron chi connectivity index (χ3n) is 3.94. The standard InChI is InChI=1S/C16H25N3O2/c1-18(2)15(13-7-6-8-14(11-13)21-3)12-17-16(20)19-9-4-5-10-19/h6-8,11,15H,4-5,9-10,12H2,1-3H3,(H,17,20). The molecule has 1 aliphatic heterocycles. The number of methoxy groups -OCH3 is 1. The minimum atomic E-state index is 0.0437. The second-order valence-electron chi connectivity index (χ2n) is 5.64. The number of nitrogens with zero attached hydrogens (tertiary/aromatic N) is 2. The summed E-state index contributed by atoms with van der Waals surface area (Å²) in [4.78, 5) is 16.1. The maximum Gasteiger partial charge on any atom is 0.317 e. The lowest BCUT2D eigenvalue weighted by atomic mass is 10.1. The van der Waals surface area contributed by atoms with E-state index < -0.39 is 0 Å². The maximum atomic E-state index is 12.1. The Hall–Kier alpha value is -1.75. The molecule has 1 atom stereocenters. The van der Waals surface area contributed by atoms with Crippen molar-refractivity contribution in [3.05, 3.63) is 29.8 Å². The topological polar surface area (TPSA) is 44.8 Å². The zero-order chi connectivity index (χ0) is 15.2. The molecular formula is C16H25N3O2.